The standard InChI is InChI=1S/C23H26N6O2/c1-4-5-13-29-20(25-26-27-29)15-28-21(30)23(24-22(28)31,18-9-7-6-8-10-18)19-12-11-16(2)17(3)14-19/h6-12,14H,4-5,13,15H2,1-3H3,(H,24,31). The van der Waals surface area contributed by atoms with Gasteiger partial charge in [0.05, 0.1) is 6.54 Å². The highest BCUT2D eigenvalue weighted by Gasteiger charge is 2.54. The van der Waals surface area contributed by atoms with Crippen molar-refractivity contribution in [2.75, 3.05) is 0 Å². The van der Waals surface area contributed by atoms with Crippen LogP contribution < -0.4 is 5.32 Å². The minimum absolute atomic E-state index is 0.0147. The number of carbonyl (C=O) groups is 2. The van der Waals surface area contributed by atoms with Crippen molar-refractivity contribution in [1.82, 2.24) is 30.4 Å². The van der Waals surface area contributed by atoms with Gasteiger partial charge in [0.2, 0.25) is 0 Å². The first-order chi connectivity index (χ1) is 15.0. The number of benzene rings is 2. The molecule has 0 bridgehead atoms. The summed E-state index contributed by atoms with van der Waals surface area (Å²) in [5.74, 6) is 0.151. The molecule has 1 aromatic heterocycles. The highest BCUT2D eigenvalue weighted by molar-refractivity contribution is 6.09. The van der Waals surface area contributed by atoms with Crippen LogP contribution in [0.3, 0.4) is 0 Å². The first kappa shape index (κ1) is 20.7. The van der Waals surface area contributed by atoms with E-state index >= 15 is 0 Å². The third kappa shape index (κ3) is 3.58. The van der Waals surface area contributed by atoms with Crippen LogP contribution in [0.1, 0.15) is 47.8 Å². The van der Waals surface area contributed by atoms with Crippen molar-refractivity contribution in [2.24, 2.45) is 0 Å². The zero-order valence-corrected chi connectivity index (χ0v) is 18.0. The summed E-state index contributed by atoms with van der Waals surface area (Å²) < 4.78 is 1.66. The van der Waals surface area contributed by atoms with Crippen LogP contribution in [0.2, 0.25) is 0 Å². The molecule has 1 saturated heterocycles. The van der Waals surface area contributed by atoms with Gasteiger partial charge in [0.15, 0.2) is 11.4 Å². The Labute approximate surface area is 181 Å². The second-order valence-electron chi connectivity index (χ2n) is 7.91. The number of amides is 3. The van der Waals surface area contributed by atoms with Crippen molar-refractivity contribution in [3.05, 3.63) is 76.6 Å². The fraction of sp³-hybridized carbons (Fsp3) is 0.348. The maximum Gasteiger partial charge on any atom is 0.325 e. The molecule has 160 valence electrons. The first-order valence-corrected chi connectivity index (χ1v) is 10.5. The zero-order valence-electron chi connectivity index (χ0n) is 18.0. The van der Waals surface area contributed by atoms with Gasteiger partial charge in [-0.3, -0.25) is 9.69 Å². The van der Waals surface area contributed by atoms with Crippen molar-refractivity contribution < 1.29 is 9.59 Å². The Kier molecular flexibility index (Phi) is 5.54. The van der Waals surface area contributed by atoms with Crippen LogP contribution in [0, 0.1) is 13.8 Å². The molecule has 1 fully saturated rings. The molecule has 31 heavy (non-hydrogen) atoms. The molecule has 8 nitrogen and oxygen atoms in total. The molecule has 1 aliphatic rings. The summed E-state index contributed by atoms with van der Waals surface area (Å²) in [4.78, 5) is 28.1. The number of hydrogen-bond acceptors (Lipinski definition) is 5. The van der Waals surface area contributed by atoms with E-state index in [4.69, 9.17) is 0 Å². The highest BCUT2D eigenvalue weighted by atomic mass is 16.2. The van der Waals surface area contributed by atoms with Crippen LogP contribution in [0.25, 0.3) is 0 Å². The molecule has 1 atom stereocenters. The summed E-state index contributed by atoms with van der Waals surface area (Å²) in [5, 5.41) is 14.8. The van der Waals surface area contributed by atoms with Crippen LogP contribution in [0.4, 0.5) is 4.79 Å². The lowest BCUT2D eigenvalue weighted by molar-refractivity contribution is -0.130. The lowest BCUT2D eigenvalue weighted by Gasteiger charge is -2.28. The molecule has 2 aromatic carbocycles. The van der Waals surface area contributed by atoms with Gasteiger partial charge in [-0.05, 0) is 52.9 Å². The molecule has 0 saturated carbocycles. The van der Waals surface area contributed by atoms with Crippen molar-refractivity contribution in [1.29, 1.82) is 0 Å². The highest BCUT2D eigenvalue weighted by Crippen LogP contribution is 2.37. The SMILES string of the molecule is CCCCn1nnnc1CN1C(=O)NC(c2ccccc2)(c2ccc(C)c(C)c2)C1=O. The second kappa shape index (κ2) is 8.29. The Balaban J connectivity index is 1.76. The van der Waals surface area contributed by atoms with Gasteiger partial charge in [-0.15, -0.1) is 5.10 Å². The summed E-state index contributed by atoms with van der Waals surface area (Å²) in [6, 6.07) is 14.7. The van der Waals surface area contributed by atoms with Gasteiger partial charge in [0.1, 0.15) is 0 Å². The number of nitrogens with zero attached hydrogens (tertiary/aromatic N) is 5. The van der Waals surface area contributed by atoms with E-state index in [1.807, 2.05) is 62.4 Å². The van der Waals surface area contributed by atoms with E-state index in [1.165, 1.54) is 4.90 Å². The smallest absolute Gasteiger partial charge is 0.315 e. The normalized spacial score (nSPS) is 18.5. The Hall–Kier alpha value is -3.55. The molecule has 8 heteroatoms. The van der Waals surface area contributed by atoms with Crippen LogP contribution in [0.15, 0.2) is 48.5 Å². The van der Waals surface area contributed by atoms with E-state index in [0.29, 0.717) is 17.9 Å². The third-order valence-electron chi connectivity index (χ3n) is 5.88. The molecule has 4 rings (SSSR count). The number of tetrazole rings is 1. The average Bonchev–Trinajstić information content (AvgIpc) is 3.32. The fourth-order valence-corrected chi connectivity index (χ4v) is 3.90. The van der Waals surface area contributed by atoms with Crippen molar-refractivity contribution in [2.45, 2.75) is 52.2 Å². The largest absolute Gasteiger partial charge is 0.325 e. The van der Waals surface area contributed by atoms with Crippen LogP contribution in [-0.2, 0) is 23.4 Å². The minimum atomic E-state index is -1.29. The third-order valence-corrected chi connectivity index (χ3v) is 5.88. The first-order valence-electron chi connectivity index (χ1n) is 10.5. The second-order valence-corrected chi connectivity index (χ2v) is 7.91. The molecule has 3 aromatic rings. The van der Waals surface area contributed by atoms with Crippen LogP contribution >= 0.6 is 0 Å². The topological polar surface area (TPSA) is 93.0 Å². The van der Waals surface area contributed by atoms with Gasteiger partial charge in [-0.25, -0.2) is 9.48 Å². The number of nitrogens with one attached hydrogen (secondary N) is 1. The van der Waals surface area contributed by atoms with E-state index in [-0.39, 0.29) is 12.5 Å². The molecule has 0 radical (unpaired) electrons. The molecule has 0 spiro atoms. The van der Waals surface area contributed by atoms with Crippen molar-refractivity contribution >= 4 is 11.9 Å². The lowest BCUT2D eigenvalue weighted by Crippen LogP contribution is -2.45. The van der Waals surface area contributed by atoms with E-state index in [0.717, 1.165) is 29.5 Å². The molecule has 1 N–H and O–H groups in total. The van der Waals surface area contributed by atoms with Gasteiger partial charge in [-0.2, -0.15) is 0 Å². The van der Waals surface area contributed by atoms with Crippen LogP contribution in [0.5, 0.6) is 0 Å². The van der Waals surface area contributed by atoms with Gasteiger partial charge < -0.3 is 5.32 Å². The maximum absolute atomic E-state index is 13.9. The Morgan fingerprint density at radius 2 is 1.77 bits per heavy atom. The number of rotatable bonds is 7. The zero-order chi connectivity index (χ0) is 22.0. The summed E-state index contributed by atoms with van der Waals surface area (Å²) in [6.07, 6.45) is 1.90. The monoisotopic (exact) mass is 418 g/mol. The molecular weight excluding hydrogens is 392 g/mol. The number of aromatic nitrogens is 4. The number of imide groups is 1. The summed E-state index contributed by atoms with van der Waals surface area (Å²) in [7, 11) is 0. The average molecular weight is 419 g/mol. The number of unbranched alkanes of at least 4 members (excludes halogenated alkanes) is 1. The minimum Gasteiger partial charge on any atom is -0.315 e. The number of aryl methyl sites for hydroxylation is 3. The Bertz CT molecular complexity index is 1110. The quantitative estimate of drug-likeness (QED) is 0.595. The van der Waals surface area contributed by atoms with Crippen LogP contribution in [-0.4, -0.2) is 37.0 Å². The number of urea groups is 1. The molecule has 1 aliphatic heterocycles. The van der Waals surface area contributed by atoms with Gasteiger partial charge in [0.25, 0.3) is 5.91 Å². The Morgan fingerprint density at radius 1 is 1.00 bits per heavy atom. The van der Waals surface area contributed by atoms with Crippen molar-refractivity contribution in [3.8, 4) is 0 Å². The van der Waals surface area contributed by atoms with E-state index in [1.54, 1.807) is 4.68 Å². The molecule has 0 aliphatic carbocycles. The van der Waals surface area contributed by atoms with Gasteiger partial charge >= 0.3 is 6.03 Å². The molecule has 3 amide bonds. The summed E-state index contributed by atoms with van der Waals surface area (Å²) in [5.41, 5.74) is 2.32. The molecular formula is C23H26N6O2. The maximum atomic E-state index is 13.9. The van der Waals surface area contributed by atoms with Crippen molar-refractivity contribution in [3.63, 3.8) is 0 Å². The Morgan fingerprint density at radius 3 is 2.48 bits per heavy atom. The lowest BCUT2D eigenvalue weighted by atomic mass is 9.81. The number of carbonyl (C=O) groups excluding carboxylic acids is 2. The van der Waals surface area contributed by atoms with E-state index in [9.17, 15) is 9.59 Å². The van der Waals surface area contributed by atoms with E-state index < -0.39 is 11.6 Å². The van der Waals surface area contributed by atoms with Gasteiger partial charge in [-0.1, -0.05) is 61.9 Å². The fourth-order valence-electron chi connectivity index (χ4n) is 3.90. The predicted octanol–water partition coefficient (Wildman–Crippen LogP) is 3.09. The molecule has 1 unspecified atom stereocenters. The molecule has 2 heterocycles. The van der Waals surface area contributed by atoms with E-state index in [2.05, 4.69) is 27.8 Å². The predicted molar refractivity (Wildman–Crippen MR) is 115 cm³/mol. The number of hydrogen-bond donors (Lipinski definition) is 1. The summed E-state index contributed by atoms with van der Waals surface area (Å²) in [6.45, 7) is 6.76. The van der Waals surface area contributed by atoms with Gasteiger partial charge in [0, 0.05) is 6.54 Å². The summed E-state index contributed by atoms with van der Waals surface area (Å²) >= 11 is 0.